The average molecular weight is 280 g/mol. The van der Waals surface area contributed by atoms with Crippen LogP contribution in [-0.2, 0) is 0 Å². The zero-order valence-corrected chi connectivity index (χ0v) is 9.22. The normalized spacial score (nSPS) is 11.2. The molecule has 1 nitrogen and oxygen atoms in total. The van der Waals surface area contributed by atoms with Crippen LogP contribution in [0.4, 0.5) is 0 Å². The number of ether oxygens (including phenoxy) is 1. The summed E-state index contributed by atoms with van der Waals surface area (Å²) in [7, 11) is 0. The molecular formula is C8H8Br2O. The third-order valence-electron chi connectivity index (χ3n) is 1.04. The monoisotopic (exact) mass is 278 g/mol. The molecule has 0 aromatic heterocycles. The molecule has 0 heterocycles. The molecule has 0 bridgehead atoms. The van der Waals surface area contributed by atoms with Gasteiger partial charge in [-0.15, -0.1) is 0 Å². The molecule has 0 N–H and O–H groups in total. The number of halogens is 2. The van der Waals surface area contributed by atoms with Crippen molar-refractivity contribution in [2.24, 2.45) is 0 Å². The van der Waals surface area contributed by atoms with Crippen LogP contribution in [0.1, 0.15) is 6.92 Å². The van der Waals surface area contributed by atoms with E-state index < -0.39 is 3.42 Å². The number of hydrogen-bond acceptors (Lipinski definition) is 1. The highest BCUT2D eigenvalue weighted by atomic mass is 79.9. The smallest absolute Gasteiger partial charge is 0.215 e. The molecule has 0 aliphatic rings. The predicted octanol–water partition coefficient (Wildman–Crippen LogP) is 3.53. The number of benzene rings is 1. The van der Waals surface area contributed by atoms with Crippen LogP contribution in [0.3, 0.4) is 0 Å². The first-order chi connectivity index (χ1) is 5.08. The highest BCUT2D eigenvalue weighted by molar-refractivity contribution is 9.25. The molecule has 0 aliphatic carbocycles. The summed E-state index contributed by atoms with van der Waals surface area (Å²) in [6.45, 7) is 1.88. The Hall–Kier alpha value is -0.0200. The van der Waals surface area contributed by atoms with Gasteiger partial charge < -0.3 is 4.74 Å². The van der Waals surface area contributed by atoms with Gasteiger partial charge in [0, 0.05) is 0 Å². The predicted molar refractivity (Wildman–Crippen MR) is 53.3 cm³/mol. The quantitative estimate of drug-likeness (QED) is 0.753. The van der Waals surface area contributed by atoms with Gasteiger partial charge in [-0.2, -0.15) is 0 Å². The maximum absolute atomic E-state index is 5.44. The zero-order valence-electron chi connectivity index (χ0n) is 6.05. The molecule has 60 valence electrons. The molecule has 1 aromatic carbocycles. The van der Waals surface area contributed by atoms with Crippen molar-refractivity contribution in [3.8, 4) is 5.75 Å². The molecule has 0 atom stereocenters. The van der Waals surface area contributed by atoms with Crippen molar-refractivity contribution in [2.75, 3.05) is 0 Å². The highest BCUT2D eigenvalue weighted by Gasteiger charge is 2.15. The molecule has 0 aliphatic heterocycles. The summed E-state index contributed by atoms with van der Waals surface area (Å²) in [5.41, 5.74) is 0. The second-order valence-electron chi connectivity index (χ2n) is 2.22. The van der Waals surface area contributed by atoms with Gasteiger partial charge in [0.2, 0.25) is 3.42 Å². The van der Waals surface area contributed by atoms with E-state index in [1.807, 2.05) is 37.3 Å². The molecule has 0 saturated heterocycles. The van der Waals surface area contributed by atoms with Gasteiger partial charge in [-0.1, -0.05) is 18.2 Å². The van der Waals surface area contributed by atoms with E-state index in [4.69, 9.17) is 4.74 Å². The van der Waals surface area contributed by atoms with E-state index >= 15 is 0 Å². The number of rotatable bonds is 2. The first-order valence-electron chi connectivity index (χ1n) is 3.20. The lowest BCUT2D eigenvalue weighted by atomic mass is 10.3. The summed E-state index contributed by atoms with van der Waals surface area (Å²) in [4.78, 5) is 0. The number of para-hydroxylation sites is 1. The van der Waals surface area contributed by atoms with Crippen molar-refractivity contribution >= 4 is 31.9 Å². The fourth-order valence-electron chi connectivity index (χ4n) is 0.695. The van der Waals surface area contributed by atoms with E-state index in [-0.39, 0.29) is 0 Å². The Morgan fingerprint density at radius 2 is 1.73 bits per heavy atom. The van der Waals surface area contributed by atoms with Crippen molar-refractivity contribution in [1.29, 1.82) is 0 Å². The van der Waals surface area contributed by atoms with Crippen LogP contribution < -0.4 is 4.74 Å². The largest absolute Gasteiger partial charge is 0.466 e. The van der Waals surface area contributed by atoms with Gasteiger partial charge in [0.05, 0.1) is 0 Å². The van der Waals surface area contributed by atoms with E-state index in [9.17, 15) is 0 Å². The molecule has 0 spiro atoms. The summed E-state index contributed by atoms with van der Waals surface area (Å²) in [6, 6.07) is 9.62. The molecule has 0 saturated carbocycles. The van der Waals surface area contributed by atoms with Gasteiger partial charge in [0.15, 0.2) is 0 Å². The summed E-state index contributed by atoms with van der Waals surface area (Å²) in [6.07, 6.45) is 0. The Morgan fingerprint density at radius 1 is 1.18 bits per heavy atom. The molecule has 1 aromatic rings. The average Bonchev–Trinajstić information content (AvgIpc) is 1.85. The van der Waals surface area contributed by atoms with Gasteiger partial charge >= 0.3 is 0 Å². The summed E-state index contributed by atoms with van der Waals surface area (Å²) in [5.74, 6) is 0.837. The number of hydrogen-bond donors (Lipinski definition) is 0. The van der Waals surface area contributed by atoms with E-state index in [1.54, 1.807) is 0 Å². The minimum Gasteiger partial charge on any atom is -0.466 e. The van der Waals surface area contributed by atoms with Crippen LogP contribution in [0.2, 0.25) is 0 Å². The van der Waals surface area contributed by atoms with Crippen molar-refractivity contribution in [3.05, 3.63) is 30.3 Å². The molecule has 11 heavy (non-hydrogen) atoms. The zero-order chi connectivity index (χ0) is 8.32. The van der Waals surface area contributed by atoms with Crippen molar-refractivity contribution in [3.63, 3.8) is 0 Å². The summed E-state index contributed by atoms with van der Waals surface area (Å²) >= 11 is 6.62. The summed E-state index contributed by atoms with van der Waals surface area (Å²) < 4.78 is 4.96. The van der Waals surface area contributed by atoms with Crippen LogP contribution in [0.25, 0.3) is 0 Å². The van der Waals surface area contributed by atoms with Crippen LogP contribution >= 0.6 is 31.9 Å². The Balaban J connectivity index is 2.66. The Labute approximate surface area is 83.0 Å². The third-order valence-corrected chi connectivity index (χ3v) is 1.36. The first kappa shape index (κ1) is 9.07. The van der Waals surface area contributed by atoms with Crippen molar-refractivity contribution in [1.82, 2.24) is 0 Å². The van der Waals surface area contributed by atoms with Gasteiger partial charge in [-0.3, -0.25) is 0 Å². The second kappa shape index (κ2) is 3.59. The SMILES string of the molecule is CC(Br)(Br)Oc1ccccc1. The minimum absolute atomic E-state index is 0.471. The van der Waals surface area contributed by atoms with E-state index in [1.165, 1.54) is 0 Å². The Bertz CT molecular complexity index is 215. The highest BCUT2D eigenvalue weighted by Crippen LogP contribution is 2.28. The molecule has 0 fully saturated rings. The number of alkyl halides is 2. The van der Waals surface area contributed by atoms with Crippen LogP contribution in [0, 0.1) is 0 Å². The molecule has 3 heteroatoms. The summed E-state index contributed by atoms with van der Waals surface area (Å²) in [5, 5.41) is 0. The van der Waals surface area contributed by atoms with Crippen molar-refractivity contribution < 1.29 is 4.74 Å². The van der Waals surface area contributed by atoms with Gasteiger partial charge in [-0.05, 0) is 50.9 Å². The minimum atomic E-state index is -0.471. The lowest BCUT2D eigenvalue weighted by Gasteiger charge is -2.16. The first-order valence-corrected chi connectivity index (χ1v) is 4.78. The molecular weight excluding hydrogens is 272 g/mol. The standard InChI is InChI=1S/C8H8Br2O/c1-8(9,10)11-7-5-3-2-4-6-7/h2-6H,1H3. The van der Waals surface area contributed by atoms with Crippen LogP contribution in [0.5, 0.6) is 5.75 Å². The fraction of sp³-hybridized carbons (Fsp3) is 0.250. The van der Waals surface area contributed by atoms with E-state index in [0.717, 1.165) is 5.75 Å². The van der Waals surface area contributed by atoms with E-state index in [0.29, 0.717) is 0 Å². The van der Waals surface area contributed by atoms with Gasteiger partial charge in [0.25, 0.3) is 0 Å². The second-order valence-corrected chi connectivity index (χ2v) is 6.31. The van der Waals surface area contributed by atoms with Crippen LogP contribution in [-0.4, -0.2) is 3.42 Å². The topological polar surface area (TPSA) is 9.23 Å². The molecule has 0 amide bonds. The Kier molecular flexibility index (Phi) is 2.96. The van der Waals surface area contributed by atoms with Gasteiger partial charge in [-0.25, -0.2) is 0 Å². The van der Waals surface area contributed by atoms with Crippen molar-refractivity contribution in [2.45, 2.75) is 10.3 Å². The molecule has 0 radical (unpaired) electrons. The molecule has 1 rings (SSSR count). The fourth-order valence-corrected chi connectivity index (χ4v) is 1.07. The third kappa shape index (κ3) is 3.77. The lowest BCUT2D eigenvalue weighted by Crippen LogP contribution is -2.14. The lowest BCUT2D eigenvalue weighted by molar-refractivity contribution is 0.290. The van der Waals surface area contributed by atoms with Gasteiger partial charge in [0.1, 0.15) is 5.75 Å². The molecule has 0 unspecified atom stereocenters. The maximum atomic E-state index is 5.44. The maximum Gasteiger partial charge on any atom is 0.215 e. The van der Waals surface area contributed by atoms with Crippen LogP contribution in [0.15, 0.2) is 30.3 Å². The Morgan fingerprint density at radius 3 is 2.18 bits per heavy atom. The van der Waals surface area contributed by atoms with E-state index in [2.05, 4.69) is 31.9 Å².